The van der Waals surface area contributed by atoms with Crippen LogP contribution in [-0.2, 0) is 4.79 Å². The molecule has 1 heterocycles. The van der Waals surface area contributed by atoms with E-state index in [1.165, 1.54) is 24.3 Å². The predicted molar refractivity (Wildman–Crippen MR) is 134 cm³/mol. The molecule has 1 aliphatic carbocycles. The Kier molecular flexibility index (Phi) is 7.71. The molecule has 15 heteroatoms. The average molecular weight is 619 g/mol. The number of nitrogens with one attached hydrogen (secondary N) is 2. The fraction of sp³-hybridized carbons (Fsp3) is 0.318. The summed E-state index contributed by atoms with van der Waals surface area (Å²) in [5.74, 6) is -2.86. The van der Waals surface area contributed by atoms with Crippen molar-refractivity contribution in [2.75, 3.05) is 25.0 Å². The number of alkyl halides is 5. The number of anilines is 1. The number of hydrazine groups is 1. The van der Waals surface area contributed by atoms with Crippen LogP contribution in [0.1, 0.15) is 21.8 Å². The first kappa shape index (κ1) is 27.9. The molecule has 0 radical (unpaired) electrons. The number of rotatable bonds is 6. The van der Waals surface area contributed by atoms with Crippen molar-refractivity contribution < 1.29 is 27.6 Å². The summed E-state index contributed by atoms with van der Waals surface area (Å²) in [5, 5.41) is 4.06. The quantitative estimate of drug-likeness (QED) is 0.383. The van der Waals surface area contributed by atoms with Crippen LogP contribution in [0.3, 0.4) is 0 Å². The molecule has 2 N–H and O–H groups in total. The van der Waals surface area contributed by atoms with Crippen LogP contribution in [-0.4, -0.2) is 57.9 Å². The lowest BCUT2D eigenvalue weighted by Gasteiger charge is -2.20. The average Bonchev–Trinajstić information content (AvgIpc) is 3.22. The third kappa shape index (κ3) is 6.15. The standard InChI is InChI=1S/C22H16Cl5F3N4O3/c23-11-5-10(6-12(24)7-11)16-17(22(16,26)27)19(36)31-13-1-2-15(25)14(8-13)18(35)32-34-4-3-33(20(34)37)9-21(28,29)30/h1-2,5-8,16-17H,3-4,9H2,(H,31,36)(H,32,35)/t16-,17+/m1/s1. The summed E-state index contributed by atoms with van der Waals surface area (Å²) in [5.41, 5.74) is 2.86. The zero-order valence-electron chi connectivity index (χ0n) is 18.4. The van der Waals surface area contributed by atoms with Gasteiger partial charge in [-0.05, 0) is 42.0 Å². The number of hydrogen-bond donors (Lipinski definition) is 2. The van der Waals surface area contributed by atoms with Crippen LogP contribution < -0.4 is 10.7 Å². The first-order chi connectivity index (χ1) is 17.2. The third-order valence-electron chi connectivity index (χ3n) is 5.76. The molecule has 1 aliphatic heterocycles. The lowest BCUT2D eigenvalue weighted by molar-refractivity contribution is -0.138. The van der Waals surface area contributed by atoms with Gasteiger partial charge >= 0.3 is 12.2 Å². The number of carbonyl (C=O) groups is 3. The molecule has 2 atom stereocenters. The zero-order chi connectivity index (χ0) is 27.3. The van der Waals surface area contributed by atoms with Gasteiger partial charge in [-0.25, -0.2) is 9.80 Å². The Morgan fingerprint density at radius 3 is 2.30 bits per heavy atom. The number of halogens is 8. The predicted octanol–water partition coefficient (Wildman–Crippen LogP) is 6.12. The second-order valence-electron chi connectivity index (χ2n) is 8.43. The van der Waals surface area contributed by atoms with Crippen LogP contribution in [0, 0.1) is 5.92 Å². The monoisotopic (exact) mass is 616 g/mol. The highest BCUT2D eigenvalue weighted by Crippen LogP contribution is 2.65. The smallest absolute Gasteiger partial charge is 0.326 e. The van der Waals surface area contributed by atoms with Crippen molar-refractivity contribution in [3.8, 4) is 0 Å². The molecule has 37 heavy (non-hydrogen) atoms. The first-order valence-corrected chi connectivity index (χ1v) is 12.4. The van der Waals surface area contributed by atoms with E-state index in [2.05, 4.69) is 10.7 Å². The molecule has 0 aromatic heterocycles. The summed E-state index contributed by atoms with van der Waals surface area (Å²) >= 11 is 30.9. The van der Waals surface area contributed by atoms with Gasteiger partial charge in [-0.15, -0.1) is 23.2 Å². The Balaban J connectivity index is 1.44. The highest BCUT2D eigenvalue weighted by molar-refractivity contribution is 6.53. The van der Waals surface area contributed by atoms with Crippen molar-refractivity contribution in [2.24, 2.45) is 5.92 Å². The molecular weight excluding hydrogens is 603 g/mol. The number of nitrogens with zero attached hydrogens (tertiary/aromatic N) is 2. The molecule has 0 unspecified atom stereocenters. The summed E-state index contributed by atoms with van der Waals surface area (Å²) in [6.45, 7) is -1.81. The van der Waals surface area contributed by atoms with E-state index in [1.54, 1.807) is 12.1 Å². The number of urea groups is 1. The summed E-state index contributed by atoms with van der Waals surface area (Å²) < 4.78 is 36.4. The minimum absolute atomic E-state index is 0.0174. The normalized spacial score (nSPS) is 20.7. The van der Waals surface area contributed by atoms with Gasteiger partial charge in [0.15, 0.2) is 0 Å². The number of benzene rings is 2. The molecule has 4 rings (SSSR count). The van der Waals surface area contributed by atoms with Crippen molar-refractivity contribution in [3.05, 3.63) is 62.6 Å². The van der Waals surface area contributed by atoms with Crippen LogP contribution in [0.4, 0.5) is 23.7 Å². The molecule has 1 saturated carbocycles. The number of amides is 4. The van der Waals surface area contributed by atoms with E-state index < -0.39 is 46.7 Å². The number of hydrogen-bond acceptors (Lipinski definition) is 3. The van der Waals surface area contributed by atoms with E-state index in [-0.39, 0.29) is 29.4 Å². The molecule has 2 fully saturated rings. The molecule has 2 aromatic rings. The molecule has 4 amide bonds. The summed E-state index contributed by atoms with van der Waals surface area (Å²) in [6, 6.07) is 7.74. The van der Waals surface area contributed by atoms with Gasteiger partial charge < -0.3 is 10.2 Å². The highest BCUT2D eigenvalue weighted by atomic mass is 35.5. The van der Waals surface area contributed by atoms with Gasteiger partial charge in [0.2, 0.25) is 5.91 Å². The maximum Gasteiger partial charge on any atom is 0.406 e. The fourth-order valence-corrected chi connectivity index (χ4v) is 5.63. The largest absolute Gasteiger partial charge is 0.406 e. The Morgan fingerprint density at radius 1 is 1.03 bits per heavy atom. The lowest BCUT2D eigenvalue weighted by atomic mass is 10.1. The van der Waals surface area contributed by atoms with Gasteiger partial charge in [-0.3, -0.25) is 15.0 Å². The Bertz CT molecular complexity index is 1260. The fourth-order valence-electron chi connectivity index (χ4n) is 4.05. The van der Waals surface area contributed by atoms with Crippen molar-refractivity contribution >= 4 is 81.5 Å². The van der Waals surface area contributed by atoms with Gasteiger partial charge in [0.25, 0.3) is 5.91 Å². The van der Waals surface area contributed by atoms with Crippen LogP contribution >= 0.6 is 58.0 Å². The molecule has 2 aromatic carbocycles. The van der Waals surface area contributed by atoms with Gasteiger partial charge in [-0.2, -0.15) is 13.2 Å². The van der Waals surface area contributed by atoms with Crippen LogP contribution in [0.5, 0.6) is 0 Å². The molecular formula is C22H16Cl5F3N4O3. The van der Waals surface area contributed by atoms with Crippen LogP contribution in [0.2, 0.25) is 15.1 Å². The number of carbonyl (C=O) groups excluding carboxylic acids is 3. The SMILES string of the molecule is O=C(NN1CCN(CC(F)(F)F)C1=O)c1cc(NC(=O)[C@@H]2[C@@H](c3cc(Cl)cc(Cl)c3)C2(Cl)Cl)ccc1Cl. The third-order valence-corrected chi connectivity index (χ3v) is 7.47. The summed E-state index contributed by atoms with van der Waals surface area (Å²) in [7, 11) is 0. The van der Waals surface area contributed by atoms with E-state index in [4.69, 9.17) is 58.0 Å². The Hall–Kier alpha value is -2.11. The maximum atomic E-state index is 13.0. The lowest BCUT2D eigenvalue weighted by Crippen LogP contribution is -2.46. The van der Waals surface area contributed by atoms with E-state index in [9.17, 15) is 27.6 Å². The van der Waals surface area contributed by atoms with Crippen LogP contribution in [0.15, 0.2) is 36.4 Å². The minimum Gasteiger partial charge on any atom is -0.326 e. The topological polar surface area (TPSA) is 81.8 Å². The van der Waals surface area contributed by atoms with E-state index in [0.29, 0.717) is 20.5 Å². The van der Waals surface area contributed by atoms with Crippen molar-refractivity contribution in [1.29, 1.82) is 0 Å². The van der Waals surface area contributed by atoms with Gasteiger partial charge in [0, 0.05) is 28.2 Å². The van der Waals surface area contributed by atoms with Crippen molar-refractivity contribution in [3.63, 3.8) is 0 Å². The molecule has 198 valence electrons. The molecule has 0 spiro atoms. The summed E-state index contributed by atoms with van der Waals surface area (Å²) in [4.78, 5) is 38.4. The van der Waals surface area contributed by atoms with E-state index in [1.807, 2.05) is 0 Å². The van der Waals surface area contributed by atoms with Gasteiger partial charge in [0.05, 0.1) is 23.0 Å². The zero-order valence-corrected chi connectivity index (χ0v) is 22.2. The Labute approximate surface area is 233 Å². The van der Waals surface area contributed by atoms with Gasteiger partial charge in [0.1, 0.15) is 10.9 Å². The van der Waals surface area contributed by atoms with E-state index >= 15 is 0 Å². The Morgan fingerprint density at radius 2 is 1.68 bits per heavy atom. The molecule has 0 bridgehead atoms. The van der Waals surface area contributed by atoms with Crippen molar-refractivity contribution in [2.45, 2.75) is 16.4 Å². The van der Waals surface area contributed by atoms with Crippen LogP contribution in [0.25, 0.3) is 0 Å². The van der Waals surface area contributed by atoms with Gasteiger partial charge in [-0.1, -0.05) is 34.8 Å². The minimum atomic E-state index is -4.57. The maximum absolute atomic E-state index is 13.0. The second kappa shape index (κ2) is 10.2. The molecule has 2 aliphatic rings. The highest BCUT2D eigenvalue weighted by Gasteiger charge is 2.67. The van der Waals surface area contributed by atoms with Crippen molar-refractivity contribution in [1.82, 2.24) is 15.3 Å². The second-order valence-corrected chi connectivity index (χ2v) is 11.2. The van der Waals surface area contributed by atoms with E-state index in [0.717, 1.165) is 5.01 Å². The summed E-state index contributed by atoms with van der Waals surface area (Å²) in [6.07, 6.45) is -4.57. The molecule has 1 saturated heterocycles. The molecule has 7 nitrogen and oxygen atoms in total. The first-order valence-electron chi connectivity index (χ1n) is 10.6.